The first-order valence-corrected chi connectivity index (χ1v) is 12.4. The van der Waals surface area contributed by atoms with Crippen molar-refractivity contribution in [3.05, 3.63) is 34.9 Å². The first-order valence-electron chi connectivity index (χ1n) is 12.4. The van der Waals surface area contributed by atoms with Crippen molar-refractivity contribution >= 4 is 11.6 Å². The van der Waals surface area contributed by atoms with Crippen LogP contribution in [0.1, 0.15) is 80.1 Å². The van der Waals surface area contributed by atoms with Gasteiger partial charge in [0.15, 0.2) is 5.60 Å². The molecule has 6 rings (SSSR count). The standard InChI is InChI=1S/C28H36O4/c1-16-13-21-23(2,15-19(16)29)9-11-25(4)20-8-7-17-18(24(20,3)10-12-26(21,25)5)14-22(30)28(31)27(17,6)32-28/h7-8,14,16,21,31H,9-13,15H2,1-6H3/t16-,21?,23+,24+,25-,26+,27?,28?/m1/s1. The summed E-state index contributed by atoms with van der Waals surface area (Å²) >= 11 is 0. The van der Waals surface area contributed by atoms with Gasteiger partial charge in [0, 0.05) is 17.8 Å². The summed E-state index contributed by atoms with van der Waals surface area (Å²) in [7, 11) is 0. The average molecular weight is 437 g/mol. The molecule has 172 valence electrons. The lowest BCUT2D eigenvalue weighted by atomic mass is 9.35. The van der Waals surface area contributed by atoms with Crippen LogP contribution in [0.4, 0.5) is 0 Å². The Balaban J connectivity index is 1.49. The topological polar surface area (TPSA) is 66.9 Å². The number of ether oxygens (including phenoxy) is 1. The van der Waals surface area contributed by atoms with E-state index in [9.17, 15) is 14.7 Å². The summed E-state index contributed by atoms with van der Waals surface area (Å²) in [6, 6.07) is 0. The Bertz CT molecular complexity index is 1080. The number of aliphatic hydroxyl groups is 1. The smallest absolute Gasteiger partial charge is 0.266 e. The molecule has 3 saturated carbocycles. The largest absolute Gasteiger partial charge is 0.357 e. The van der Waals surface area contributed by atoms with Gasteiger partial charge in [0.2, 0.25) is 5.78 Å². The highest BCUT2D eigenvalue weighted by atomic mass is 16.8. The number of hydrogen-bond donors (Lipinski definition) is 1. The van der Waals surface area contributed by atoms with E-state index in [-0.39, 0.29) is 33.4 Å². The summed E-state index contributed by atoms with van der Waals surface area (Å²) in [6.07, 6.45) is 12.0. The Morgan fingerprint density at radius 1 is 0.969 bits per heavy atom. The quantitative estimate of drug-likeness (QED) is 0.539. The van der Waals surface area contributed by atoms with Crippen LogP contribution in [-0.4, -0.2) is 28.1 Å². The van der Waals surface area contributed by atoms with Gasteiger partial charge in [-0.05, 0) is 78.4 Å². The first kappa shape index (κ1) is 21.0. The number of rotatable bonds is 0. The monoisotopic (exact) mass is 436 g/mol. The van der Waals surface area contributed by atoms with Crippen molar-refractivity contribution in [1.29, 1.82) is 0 Å². The van der Waals surface area contributed by atoms with Gasteiger partial charge in [0.05, 0.1) is 0 Å². The van der Waals surface area contributed by atoms with E-state index in [2.05, 4.69) is 46.8 Å². The normalized spacial score (nSPS) is 55.9. The molecule has 0 aromatic carbocycles. The molecule has 0 aromatic heterocycles. The number of carbonyl (C=O) groups is 2. The van der Waals surface area contributed by atoms with Crippen LogP contribution in [0.3, 0.4) is 0 Å². The van der Waals surface area contributed by atoms with E-state index in [0.29, 0.717) is 11.7 Å². The molecule has 32 heavy (non-hydrogen) atoms. The summed E-state index contributed by atoms with van der Waals surface area (Å²) in [6.45, 7) is 13.6. The Labute approximate surface area is 191 Å². The predicted molar refractivity (Wildman–Crippen MR) is 121 cm³/mol. The van der Waals surface area contributed by atoms with Crippen molar-refractivity contribution in [2.24, 2.45) is 33.5 Å². The van der Waals surface area contributed by atoms with Crippen LogP contribution in [0, 0.1) is 33.5 Å². The van der Waals surface area contributed by atoms with Crippen LogP contribution in [0.25, 0.3) is 0 Å². The van der Waals surface area contributed by atoms with E-state index < -0.39 is 11.4 Å². The Morgan fingerprint density at radius 3 is 2.41 bits per heavy atom. The Hall–Kier alpha value is -1.52. The Morgan fingerprint density at radius 2 is 1.69 bits per heavy atom. The van der Waals surface area contributed by atoms with Crippen LogP contribution in [0.15, 0.2) is 34.9 Å². The third-order valence-electron chi connectivity index (χ3n) is 11.5. The van der Waals surface area contributed by atoms with Crippen LogP contribution >= 0.6 is 0 Å². The first-order chi connectivity index (χ1) is 14.8. The van der Waals surface area contributed by atoms with Crippen molar-refractivity contribution in [3.63, 3.8) is 0 Å². The van der Waals surface area contributed by atoms with E-state index in [4.69, 9.17) is 4.74 Å². The number of ketones is 2. The minimum Gasteiger partial charge on any atom is -0.357 e. The van der Waals surface area contributed by atoms with Crippen LogP contribution in [0.5, 0.6) is 0 Å². The second kappa shape index (κ2) is 5.58. The number of Topliss-reactive ketones (excluding diaryl/α,β-unsaturated/α-hetero) is 1. The zero-order valence-electron chi connectivity index (χ0n) is 20.3. The average Bonchev–Trinajstić information content (AvgIpc) is 3.31. The molecule has 0 spiro atoms. The van der Waals surface area contributed by atoms with Gasteiger partial charge >= 0.3 is 0 Å². The van der Waals surface area contributed by atoms with Crippen molar-refractivity contribution in [2.45, 2.75) is 91.5 Å². The molecule has 0 radical (unpaired) electrons. The number of allylic oxidation sites excluding steroid dienone is 3. The molecular formula is C28H36O4. The fraction of sp³-hybridized carbons (Fsp3) is 0.714. The Kier molecular flexibility index (Phi) is 3.67. The number of epoxide rings is 1. The second-order valence-corrected chi connectivity index (χ2v) is 12.9. The van der Waals surface area contributed by atoms with Gasteiger partial charge in [-0.25, -0.2) is 0 Å². The maximum Gasteiger partial charge on any atom is 0.266 e. The van der Waals surface area contributed by atoms with Gasteiger partial charge in [-0.1, -0.05) is 52.3 Å². The third-order valence-corrected chi connectivity index (χ3v) is 11.5. The van der Waals surface area contributed by atoms with E-state index in [1.165, 1.54) is 5.57 Å². The zero-order valence-corrected chi connectivity index (χ0v) is 20.3. The van der Waals surface area contributed by atoms with Crippen molar-refractivity contribution in [1.82, 2.24) is 0 Å². The highest BCUT2D eigenvalue weighted by Gasteiger charge is 2.77. The highest BCUT2D eigenvalue weighted by Crippen LogP contribution is 2.75. The molecule has 1 aliphatic heterocycles. The van der Waals surface area contributed by atoms with Crippen LogP contribution in [-0.2, 0) is 14.3 Å². The molecule has 1 N–H and O–H groups in total. The zero-order chi connectivity index (χ0) is 23.1. The van der Waals surface area contributed by atoms with Gasteiger partial charge in [0.25, 0.3) is 5.79 Å². The molecule has 0 amide bonds. The molecule has 0 aromatic rings. The van der Waals surface area contributed by atoms with Gasteiger partial charge < -0.3 is 9.84 Å². The minimum absolute atomic E-state index is 0.00919. The second-order valence-electron chi connectivity index (χ2n) is 12.9. The molecular weight excluding hydrogens is 400 g/mol. The molecule has 4 nitrogen and oxygen atoms in total. The molecule has 8 atom stereocenters. The maximum absolute atomic E-state index is 12.8. The van der Waals surface area contributed by atoms with Crippen LogP contribution in [0.2, 0.25) is 0 Å². The van der Waals surface area contributed by atoms with Crippen LogP contribution < -0.4 is 0 Å². The summed E-state index contributed by atoms with van der Waals surface area (Å²) in [4.78, 5) is 25.5. The van der Waals surface area contributed by atoms with Gasteiger partial charge in [0.1, 0.15) is 5.78 Å². The van der Waals surface area contributed by atoms with Gasteiger partial charge in [-0.3, -0.25) is 9.59 Å². The van der Waals surface area contributed by atoms with Gasteiger partial charge in [-0.2, -0.15) is 0 Å². The summed E-state index contributed by atoms with van der Waals surface area (Å²) in [5.41, 5.74) is 2.51. The minimum atomic E-state index is -1.69. The number of hydrogen-bond acceptors (Lipinski definition) is 4. The molecule has 1 saturated heterocycles. The van der Waals surface area contributed by atoms with E-state index >= 15 is 0 Å². The predicted octanol–water partition coefficient (Wildman–Crippen LogP) is 5.07. The fourth-order valence-electron chi connectivity index (χ4n) is 8.98. The molecule has 5 aliphatic carbocycles. The SMILES string of the molecule is C[C@@H]1CC2[C@@](C)(CC[C@]3(C)C4=CC=C5C(=CC(=O)C6(O)OC56C)[C@]4(C)CC[C@@]23C)CC1=O. The van der Waals surface area contributed by atoms with Crippen molar-refractivity contribution in [3.8, 4) is 0 Å². The lowest BCUT2D eigenvalue weighted by Gasteiger charge is -2.69. The lowest BCUT2D eigenvalue weighted by molar-refractivity contribution is -0.161. The van der Waals surface area contributed by atoms with Crippen molar-refractivity contribution < 1.29 is 19.4 Å². The van der Waals surface area contributed by atoms with E-state index in [1.54, 1.807) is 6.08 Å². The molecule has 6 aliphatic rings. The fourth-order valence-corrected chi connectivity index (χ4v) is 8.98. The number of carbonyl (C=O) groups excluding carboxylic acids is 2. The summed E-state index contributed by atoms with van der Waals surface area (Å²) < 4.78 is 5.64. The summed E-state index contributed by atoms with van der Waals surface area (Å²) in [5.74, 6) is -0.889. The summed E-state index contributed by atoms with van der Waals surface area (Å²) in [5, 5.41) is 10.7. The van der Waals surface area contributed by atoms with Crippen molar-refractivity contribution in [2.75, 3.05) is 0 Å². The lowest BCUT2D eigenvalue weighted by Crippen LogP contribution is -2.62. The molecule has 4 heteroatoms. The molecule has 4 fully saturated rings. The molecule has 1 heterocycles. The molecule has 3 unspecified atom stereocenters. The third kappa shape index (κ3) is 2.05. The highest BCUT2D eigenvalue weighted by molar-refractivity contribution is 6.04. The van der Waals surface area contributed by atoms with E-state index in [0.717, 1.165) is 49.7 Å². The molecule has 0 bridgehead atoms. The van der Waals surface area contributed by atoms with E-state index in [1.807, 2.05) is 6.92 Å². The maximum atomic E-state index is 12.8. The number of fused-ring (bicyclic) bond motifs is 9. The van der Waals surface area contributed by atoms with Gasteiger partial charge in [-0.15, -0.1) is 0 Å².